The summed E-state index contributed by atoms with van der Waals surface area (Å²) in [4.78, 5) is 11.2. The zero-order valence-corrected chi connectivity index (χ0v) is 8.90. The number of rotatable bonds is 6. The molecule has 14 heavy (non-hydrogen) atoms. The van der Waals surface area contributed by atoms with Gasteiger partial charge in [-0.2, -0.15) is 0 Å². The molecule has 0 saturated carbocycles. The molecule has 0 rings (SSSR count). The molecule has 78 valence electrons. The zero-order valence-electron chi connectivity index (χ0n) is 8.90. The van der Waals surface area contributed by atoms with Crippen LogP contribution in [0.2, 0.25) is 0 Å². The van der Waals surface area contributed by atoms with Crippen LogP contribution in [0, 0.1) is 0 Å². The Balaban J connectivity index is 4.30. The normalized spacial score (nSPS) is 9.36. The Morgan fingerprint density at radius 2 is 1.86 bits per heavy atom. The molecule has 0 bridgehead atoms. The third-order valence-corrected chi connectivity index (χ3v) is 1.37. The lowest BCUT2D eigenvalue weighted by Gasteiger charge is -2.03. The van der Waals surface area contributed by atoms with Crippen molar-refractivity contribution in [3.63, 3.8) is 0 Å². The lowest BCUT2D eigenvalue weighted by Crippen LogP contribution is -2.22. The van der Waals surface area contributed by atoms with Gasteiger partial charge < -0.3 is 4.74 Å². The van der Waals surface area contributed by atoms with Gasteiger partial charge in [0.25, 0.3) is 0 Å². The topological polar surface area (TPSA) is 29.3 Å². The summed E-state index contributed by atoms with van der Waals surface area (Å²) in [6.07, 6.45) is 4.79. The Bertz CT molecular complexity index is 230. The molecule has 3 nitrogen and oxygen atoms in total. The van der Waals surface area contributed by atoms with Crippen LogP contribution in [-0.2, 0) is 9.53 Å². The first-order chi connectivity index (χ1) is 6.60. The Kier molecular flexibility index (Phi) is 6.37. The van der Waals surface area contributed by atoms with E-state index in [1.165, 1.54) is 6.21 Å². The predicted molar refractivity (Wildman–Crippen MR) is 57.7 cm³/mol. The van der Waals surface area contributed by atoms with Gasteiger partial charge in [0.15, 0.2) is 13.1 Å². The minimum atomic E-state index is -0.330. The number of hydrogen-bond acceptors (Lipinski definition) is 2. The molecule has 0 radical (unpaired) electrons. The van der Waals surface area contributed by atoms with E-state index in [-0.39, 0.29) is 12.1 Å². The van der Waals surface area contributed by atoms with E-state index in [0.29, 0.717) is 13.1 Å². The van der Waals surface area contributed by atoms with E-state index in [1.54, 1.807) is 16.7 Å². The van der Waals surface area contributed by atoms with Crippen molar-refractivity contribution in [3.8, 4) is 0 Å². The highest BCUT2D eigenvalue weighted by Crippen LogP contribution is 1.87. The number of esters is 1. The second-order valence-corrected chi connectivity index (χ2v) is 3.15. The Morgan fingerprint density at radius 1 is 1.36 bits per heavy atom. The summed E-state index contributed by atoms with van der Waals surface area (Å²) < 4.78 is 6.75. The predicted octanol–water partition coefficient (Wildman–Crippen LogP) is 1.39. The molecule has 0 saturated heterocycles. The summed E-state index contributed by atoms with van der Waals surface area (Å²) in [6.45, 7) is 12.1. The number of hydrogen-bond donors (Lipinski definition) is 0. The average molecular weight is 196 g/mol. The molecule has 0 atom stereocenters. The van der Waals surface area contributed by atoms with Gasteiger partial charge in [-0.25, -0.2) is 9.37 Å². The van der Waals surface area contributed by atoms with Gasteiger partial charge in [-0.05, 0) is 26.0 Å². The molecule has 0 aliphatic heterocycles. The third kappa shape index (κ3) is 6.17. The largest absolute Gasteiger partial charge is 0.456 e. The summed E-state index contributed by atoms with van der Waals surface area (Å²) in [6, 6.07) is 0. The van der Waals surface area contributed by atoms with Crippen LogP contribution in [0.25, 0.3) is 0 Å². The van der Waals surface area contributed by atoms with Crippen molar-refractivity contribution < 1.29 is 14.1 Å². The minimum absolute atomic E-state index is 0.0898. The van der Waals surface area contributed by atoms with Crippen LogP contribution in [0.5, 0.6) is 0 Å². The highest BCUT2D eigenvalue weighted by molar-refractivity contribution is 6.21. The van der Waals surface area contributed by atoms with Crippen molar-refractivity contribution in [3.05, 3.63) is 25.3 Å². The number of nitrogens with zero attached hydrogens (tertiary/aromatic N) is 1. The van der Waals surface area contributed by atoms with Crippen LogP contribution in [0.3, 0.4) is 0 Å². The first-order valence-electron chi connectivity index (χ1n) is 4.61. The fraction of sp³-hybridized carbons (Fsp3) is 0.455. The molecule has 0 aromatic rings. The van der Waals surface area contributed by atoms with Gasteiger partial charge in [0, 0.05) is 0 Å². The molecular weight excluding hydrogens is 178 g/mol. The van der Waals surface area contributed by atoms with E-state index in [4.69, 9.17) is 4.74 Å². The maximum Gasteiger partial charge on any atom is 0.395 e. The fourth-order valence-corrected chi connectivity index (χ4v) is 0.923. The Labute approximate surface area is 85.4 Å². The lowest BCUT2D eigenvalue weighted by atomic mass is 10.4. The number of carbonyl (C=O) groups is 1. The molecule has 0 aromatic carbocycles. The summed E-state index contributed by atoms with van der Waals surface area (Å²) in [5.74, 6) is -0.330. The molecule has 0 aliphatic rings. The van der Waals surface area contributed by atoms with Crippen molar-refractivity contribution in [2.75, 3.05) is 13.1 Å². The van der Waals surface area contributed by atoms with E-state index in [1.807, 2.05) is 13.8 Å². The standard InChI is InChI=1S/C11H18NO2/c1-5-7-12(8-6-2)9-11(13)14-10(3)4/h5-6,9-10H,1-2,7-8H2,3-4H3/q+1. The maximum atomic E-state index is 11.2. The first-order valence-corrected chi connectivity index (χ1v) is 4.61. The van der Waals surface area contributed by atoms with E-state index in [2.05, 4.69) is 13.2 Å². The quantitative estimate of drug-likeness (QED) is 0.278. The second-order valence-electron chi connectivity index (χ2n) is 3.15. The molecule has 3 heteroatoms. The maximum absolute atomic E-state index is 11.2. The molecular formula is C11H18NO2+. The van der Waals surface area contributed by atoms with Gasteiger partial charge in [-0.1, -0.05) is 13.2 Å². The number of ether oxygens (including phenoxy) is 1. The van der Waals surface area contributed by atoms with Gasteiger partial charge in [-0.15, -0.1) is 0 Å². The van der Waals surface area contributed by atoms with Crippen LogP contribution in [0.15, 0.2) is 25.3 Å². The average Bonchev–Trinajstić information content (AvgIpc) is 2.03. The SMILES string of the molecule is C=CC[N+](=CC(=O)OC(C)C)CC=C. The molecule has 0 spiro atoms. The number of carbonyl (C=O) groups excluding carboxylic acids is 1. The molecule has 0 unspecified atom stereocenters. The Morgan fingerprint density at radius 3 is 2.21 bits per heavy atom. The molecule has 0 heterocycles. The van der Waals surface area contributed by atoms with Gasteiger partial charge in [-0.3, -0.25) is 0 Å². The van der Waals surface area contributed by atoms with E-state index in [0.717, 1.165) is 0 Å². The van der Waals surface area contributed by atoms with Gasteiger partial charge in [0.1, 0.15) is 0 Å². The van der Waals surface area contributed by atoms with Gasteiger partial charge in [0.2, 0.25) is 6.21 Å². The second kappa shape index (κ2) is 7.06. The van der Waals surface area contributed by atoms with E-state index < -0.39 is 0 Å². The smallest absolute Gasteiger partial charge is 0.395 e. The van der Waals surface area contributed by atoms with Crippen LogP contribution in [0.1, 0.15) is 13.8 Å². The van der Waals surface area contributed by atoms with E-state index >= 15 is 0 Å². The van der Waals surface area contributed by atoms with E-state index in [9.17, 15) is 4.79 Å². The molecule has 0 N–H and O–H groups in total. The summed E-state index contributed by atoms with van der Waals surface area (Å²) in [7, 11) is 0. The van der Waals surface area contributed by atoms with Crippen molar-refractivity contribution in [1.82, 2.24) is 0 Å². The molecule has 0 fully saturated rings. The fourth-order valence-electron chi connectivity index (χ4n) is 0.923. The van der Waals surface area contributed by atoms with Gasteiger partial charge >= 0.3 is 5.97 Å². The van der Waals surface area contributed by atoms with Crippen molar-refractivity contribution in [1.29, 1.82) is 0 Å². The van der Waals surface area contributed by atoms with Crippen LogP contribution in [-0.4, -0.2) is 36.0 Å². The van der Waals surface area contributed by atoms with Crippen LogP contribution < -0.4 is 0 Å². The summed E-state index contributed by atoms with van der Waals surface area (Å²) in [5, 5.41) is 0. The first kappa shape index (κ1) is 12.6. The highest BCUT2D eigenvalue weighted by Gasteiger charge is 2.08. The lowest BCUT2D eigenvalue weighted by molar-refractivity contribution is -0.502. The summed E-state index contributed by atoms with van der Waals surface area (Å²) in [5.41, 5.74) is 0. The monoisotopic (exact) mass is 196 g/mol. The van der Waals surface area contributed by atoms with Crippen LogP contribution >= 0.6 is 0 Å². The van der Waals surface area contributed by atoms with Crippen molar-refractivity contribution in [2.24, 2.45) is 0 Å². The van der Waals surface area contributed by atoms with Gasteiger partial charge in [0.05, 0.1) is 6.10 Å². The molecule has 0 aromatic heterocycles. The minimum Gasteiger partial charge on any atom is -0.456 e. The van der Waals surface area contributed by atoms with Crippen molar-refractivity contribution in [2.45, 2.75) is 20.0 Å². The molecule has 0 aliphatic carbocycles. The zero-order chi connectivity index (χ0) is 11.0. The third-order valence-electron chi connectivity index (χ3n) is 1.37. The van der Waals surface area contributed by atoms with Crippen LogP contribution in [0.4, 0.5) is 0 Å². The highest BCUT2D eigenvalue weighted by atomic mass is 16.5. The van der Waals surface area contributed by atoms with Crippen molar-refractivity contribution >= 4 is 12.2 Å². The Hall–Kier alpha value is -1.38. The summed E-state index contributed by atoms with van der Waals surface area (Å²) >= 11 is 0. The molecule has 0 amide bonds.